The molecule has 94 heavy (non-hydrogen) atoms. The molecule has 6 fully saturated rings. The summed E-state index contributed by atoms with van der Waals surface area (Å²) in [5.41, 5.74) is 24.9. The molecule has 4 aliphatic heterocycles. The molecule has 6 aliphatic rings. The largest absolute Gasteiger partial charge is 0.394 e. The summed E-state index contributed by atoms with van der Waals surface area (Å²) in [4.78, 5) is 26.5. The SMILES string of the molecule is CNCCC(O)C(=O)NC1CC(N)C(OC2OC(CNCC(O)COCCOCC(O)CNCCC(O)C(=O)NC3CC(N)C(OC4OC(CNC)C(O)C(O)C4O)C(O)C3OC3OC(CO)C(O)C(N)C3O)C(O)C(O)C2O)C(O)C1OC1OC(CO)C(O)C(N)C1O. The second-order valence-electron chi connectivity index (χ2n) is 24.6. The average molecular weight is 1370 g/mol. The van der Waals surface area contributed by atoms with E-state index in [0.717, 1.165) is 0 Å². The number of aliphatic hydroxyl groups excluding tert-OH is 18. The molecule has 2 amide bonds. The van der Waals surface area contributed by atoms with Crippen molar-refractivity contribution in [2.75, 3.05) is 93.0 Å². The van der Waals surface area contributed by atoms with Crippen molar-refractivity contribution in [3.05, 3.63) is 0 Å². The van der Waals surface area contributed by atoms with Crippen molar-refractivity contribution in [3.63, 3.8) is 0 Å². The maximum atomic E-state index is 13.4. The van der Waals surface area contributed by atoms with Gasteiger partial charge in [-0.15, -0.1) is 0 Å². The van der Waals surface area contributed by atoms with Crippen LogP contribution in [-0.2, 0) is 57.0 Å². The Labute approximate surface area is 540 Å². The number of nitrogens with one attached hydrogen (secondary N) is 6. The van der Waals surface area contributed by atoms with Gasteiger partial charge in [0.25, 0.3) is 0 Å². The third-order valence-corrected chi connectivity index (χ3v) is 17.4. The van der Waals surface area contributed by atoms with Crippen LogP contribution in [0.2, 0.25) is 0 Å². The molecule has 2 saturated carbocycles. The normalized spacial score (nSPS) is 42.7. The van der Waals surface area contributed by atoms with Gasteiger partial charge in [0.15, 0.2) is 25.2 Å². The minimum absolute atomic E-state index is 0.00155. The highest BCUT2D eigenvalue weighted by Crippen LogP contribution is 2.35. The lowest BCUT2D eigenvalue weighted by molar-refractivity contribution is -0.333. The van der Waals surface area contributed by atoms with Gasteiger partial charge in [0, 0.05) is 38.3 Å². The topological polar surface area (TPSA) is 667 Å². The summed E-state index contributed by atoms with van der Waals surface area (Å²) in [6.07, 6.45) is -44.9. The van der Waals surface area contributed by atoms with E-state index in [1.54, 1.807) is 14.1 Å². The Kier molecular flexibility index (Phi) is 32.8. The third-order valence-electron chi connectivity index (χ3n) is 17.4. The van der Waals surface area contributed by atoms with Crippen LogP contribution < -0.4 is 54.8 Å². The van der Waals surface area contributed by atoms with E-state index in [2.05, 4.69) is 31.9 Å². The third kappa shape index (κ3) is 21.0. The number of carbonyl (C=O) groups excluding carboxylic acids is 2. The van der Waals surface area contributed by atoms with Crippen molar-refractivity contribution >= 4 is 11.8 Å². The molecule has 34 unspecified atom stereocenters. The zero-order valence-corrected chi connectivity index (χ0v) is 52.2. The fraction of sp³-hybridized carbons (Fsp3) is 0.963. The molecule has 0 aromatic heterocycles. The zero-order valence-electron chi connectivity index (χ0n) is 52.2. The molecular formula is C54H104N10O30. The summed E-state index contributed by atoms with van der Waals surface area (Å²) >= 11 is 0. The lowest BCUT2D eigenvalue weighted by Crippen LogP contribution is -2.69. The molecule has 34 atom stereocenters. The van der Waals surface area contributed by atoms with Crippen LogP contribution in [0.4, 0.5) is 0 Å². The summed E-state index contributed by atoms with van der Waals surface area (Å²) in [6, 6.07) is -7.57. The number of nitrogens with two attached hydrogens (primary N) is 4. The van der Waals surface area contributed by atoms with Crippen LogP contribution in [0.25, 0.3) is 0 Å². The highest BCUT2D eigenvalue weighted by Gasteiger charge is 2.55. The van der Waals surface area contributed by atoms with E-state index >= 15 is 0 Å². The van der Waals surface area contributed by atoms with Crippen molar-refractivity contribution in [3.8, 4) is 0 Å². The lowest BCUT2D eigenvalue weighted by atomic mass is 9.83. The van der Waals surface area contributed by atoms with Crippen LogP contribution >= 0.6 is 0 Å². The minimum atomic E-state index is -1.92. The highest BCUT2D eigenvalue weighted by atomic mass is 16.7. The van der Waals surface area contributed by atoms with E-state index in [-0.39, 0.29) is 91.4 Å². The number of rotatable bonds is 35. The maximum Gasteiger partial charge on any atom is 0.249 e. The van der Waals surface area contributed by atoms with Gasteiger partial charge in [0.1, 0.15) is 134 Å². The molecule has 0 bridgehead atoms. The fourth-order valence-electron chi connectivity index (χ4n) is 11.8. The molecule has 2 aliphatic carbocycles. The quantitative estimate of drug-likeness (QED) is 0.0262. The van der Waals surface area contributed by atoms with Crippen molar-refractivity contribution < 1.29 is 149 Å². The number of aliphatic hydroxyl groups is 18. The predicted molar refractivity (Wildman–Crippen MR) is 314 cm³/mol. The van der Waals surface area contributed by atoms with Crippen LogP contribution in [0.15, 0.2) is 0 Å². The second kappa shape index (κ2) is 38.3. The summed E-state index contributed by atoms with van der Waals surface area (Å²) < 4.78 is 57.5. The first kappa shape index (κ1) is 80.5. The molecule has 0 radical (unpaired) electrons. The van der Waals surface area contributed by atoms with E-state index < -0.39 is 233 Å². The molecule has 0 spiro atoms. The Morgan fingerprint density at radius 3 is 1.22 bits per heavy atom. The van der Waals surface area contributed by atoms with Gasteiger partial charge >= 0.3 is 0 Å². The molecule has 4 saturated heterocycles. The Morgan fingerprint density at radius 1 is 0.447 bits per heavy atom. The Hall–Kier alpha value is -2.50. The molecule has 40 nitrogen and oxygen atoms in total. The molecule has 0 aromatic carbocycles. The Balaban J connectivity index is 0.905. The highest BCUT2D eigenvalue weighted by molar-refractivity contribution is 5.81. The first-order chi connectivity index (χ1) is 44.6. The minimum Gasteiger partial charge on any atom is -0.394 e. The van der Waals surface area contributed by atoms with E-state index in [9.17, 15) is 102 Å². The molecule has 32 N–H and O–H groups in total. The van der Waals surface area contributed by atoms with Gasteiger partial charge in [-0.25, -0.2) is 0 Å². The van der Waals surface area contributed by atoms with Gasteiger partial charge in [-0.2, -0.15) is 0 Å². The monoisotopic (exact) mass is 1370 g/mol. The summed E-state index contributed by atoms with van der Waals surface area (Å²) in [5, 5.41) is 209. The van der Waals surface area contributed by atoms with Gasteiger partial charge in [0.05, 0.1) is 76.0 Å². The number of ether oxygens (including phenoxy) is 10. The van der Waals surface area contributed by atoms with Crippen molar-refractivity contribution in [2.45, 2.75) is 234 Å². The first-order valence-corrected chi connectivity index (χ1v) is 31.4. The summed E-state index contributed by atoms with van der Waals surface area (Å²) in [6.45, 7) is -2.14. The average Bonchev–Trinajstić information content (AvgIpc) is 0.784. The van der Waals surface area contributed by atoms with Crippen LogP contribution in [0, 0.1) is 0 Å². The van der Waals surface area contributed by atoms with Crippen molar-refractivity contribution in [1.29, 1.82) is 0 Å². The zero-order chi connectivity index (χ0) is 69.4. The molecule has 0 aromatic rings. The van der Waals surface area contributed by atoms with Crippen LogP contribution in [0.3, 0.4) is 0 Å². The molecule has 6 rings (SSSR count). The smallest absolute Gasteiger partial charge is 0.249 e. The van der Waals surface area contributed by atoms with E-state index in [1.807, 2.05) is 0 Å². The van der Waals surface area contributed by atoms with Gasteiger partial charge in [-0.3, -0.25) is 9.59 Å². The standard InChI is InChI=1S/C54H104N10O30/c1-59-5-3-25(69)49(83)63-23-9-22(56)46(44(82)47(23)93-51-37(75)31(57)33(71)29(15-65)89-51)92-54-42(80)40(78)36(74)28(88-54)14-62-12-20(68)18-86-8-7-85-17-19(67)11-61-6-4-26(70)50(84)64-24-10-21(55)45(91-53-41(79)39(77)35(73)27(87-53)13-60-2)43(81)48(24)94-52-38(76)32(58)34(72)30(16-66)90-52/h19-48,51-54,59-62,65-82H,3-18,55-58H2,1-2H3,(H,63,83)(H,64,84). The van der Waals surface area contributed by atoms with Gasteiger partial charge in [-0.1, -0.05) is 0 Å². The van der Waals surface area contributed by atoms with Crippen LogP contribution in [0.5, 0.6) is 0 Å². The van der Waals surface area contributed by atoms with Gasteiger partial charge in [-0.05, 0) is 52.9 Å². The Bertz CT molecular complexity index is 2210. The van der Waals surface area contributed by atoms with E-state index in [4.69, 9.17) is 70.3 Å². The second-order valence-corrected chi connectivity index (χ2v) is 24.6. The summed E-state index contributed by atoms with van der Waals surface area (Å²) in [5.74, 6) is -1.82. The maximum absolute atomic E-state index is 13.4. The molecular weight excluding hydrogens is 1270 g/mol. The molecule has 550 valence electrons. The molecule has 40 heteroatoms. The number of carbonyl (C=O) groups is 2. The predicted octanol–water partition coefficient (Wildman–Crippen LogP) is -17.3. The number of hydrogen-bond acceptors (Lipinski definition) is 38. The van der Waals surface area contributed by atoms with E-state index in [0.29, 0.717) is 0 Å². The number of likely N-dealkylation sites (N-methyl/N-ethyl adjacent to an activating group) is 1. The number of amides is 2. The van der Waals surface area contributed by atoms with Crippen LogP contribution in [0.1, 0.15) is 25.7 Å². The van der Waals surface area contributed by atoms with Crippen molar-refractivity contribution in [1.82, 2.24) is 31.9 Å². The fourth-order valence-corrected chi connectivity index (χ4v) is 11.8. The van der Waals surface area contributed by atoms with Gasteiger partial charge < -0.3 is 194 Å². The first-order valence-electron chi connectivity index (χ1n) is 31.4. The summed E-state index contributed by atoms with van der Waals surface area (Å²) in [7, 11) is 3.16. The number of hydrogen-bond donors (Lipinski definition) is 28. The van der Waals surface area contributed by atoms with Crippen LogP contribution in [-0.4, -0.2) is 405 Å². The van der Waals surface area contributed by atoms with E-state index in [1.165, 1.54) is 0 Å². The van der Waals surface area contributed by atoms with Gasteiger partial charge in [0.2, 0.25) is 11.8 Å². The lowest BCUT2D eigenvalue weighted by Gasteiger charge is -2.49. The molecule has 4 heterocycles. The van der Waals surface area contributed by atoms with Crippen molar-refractivity contribution in [2.24, 2.45) is 22.9 Å². The Morgan fingerprint density at radius 2 is 0.819 bits per heavy atom.